The van der Waals surface area contributed by atoms with Gasteiger partial charge in [0.25, 0.3) is 0 Å². The highest BCUT2D eigenvalue weighted by molar-refractivity contribution is 5.48. The van der Waals surface area contributed by atoms with Crippen LogP contribution in [0.5, 0.6) is 0 Å². The molecule has 0 aromatic carbocycles. The van der Waals surface area contributed by atoms with Crippen LogP contribution in [0, 0.1) is 0 Å². The van der Waals surface area contributed by atoms with Crippen LogP contribution < -0.4 is 0 Å². The molecular weight excluding hydrogens is 218 g/mol. The lowest BCUT2D eigenvalue weighted by molar-refractivity contribution is 0.285. The molecule has 0 radical (unpaired) electrons. The summed E-state index contributed by atoms with van der Waals surface area (Å²) in [5.41, 5.74) is 4.62. The van der Waals surface area contributed by atoms with Gasteiger partial charge in [-0.25, -0.2) is 0 Å². The maximum atomic E-state index is 2.50. The topological polar surface area (TPSA) is 3.24 Å². The maximum absolute atomic E-state index is 2.50. The molecular formula is C17H21N. The molecule has 1 heterocycles. The molecule has 1 aliphatic heterocycles. The van der Waals surface area contributed by atoms with Gasteiger partial charge in [-0.3, -0.25) is 4.90 Å². The maximum Gasteiger partial charge on any atom is 0.0595 e. The minimum Gasteiger partial charge on any atom is -0.295 e. The highest BCUT2D eigenvalue weighted by Crippen LogP contribution is 2.35. The van der Waals surface area contributed by atoms with E-state index in [9.17, 15) is 0 Å². The van der Waals surface area contributed by atoms with Gasteiger partial charge in [-0.05, 0) is 49.5 Å². The predicted molar refractivity (Wildman–Crippen MR) is 77.4 cm³/mol. The van der Waals surface area contributed by atoms with Crippen molar-refractivity contribution >= 4 is 0 Å². The summed E-state index contributed by atoms with van der Waals surface area (Å²) in [6.45, 7) is 1.17. The Morgan fingerprint density at radius 3 is 2.94 bits per heavy atom. The third-order valence-corrected chi connectivity index (χ3v) is 4.10. The van der Waals surface area contributed by atoms with Crippen molar-refractivity contribution in [1.29, 1.82) is 0 Å². The van der Waals surface area contributed by atoms with E-state index in [-0.39, 0.29) is 0 Å². The Morgan fingerprint density at radius 2 is 2.00 bits per heavy atom. The molecule has 3 rings (SSSR count). The van der Waals surface area contributed by atoms with E-state index < -0.39 is 0 Å². The molecule has 3 aliphatic rings. The Kier molecular flexibility index (Phi) is 3.33. The first-order chi connectivity index (χ1) is 8.86. The fourth-order valence-electron chi connectivity index (χ4n) is 3.18. The van der Waals surface area contributed by atoms with Crippen molar-refractivity contribution in [2.75, 3.05) is 13.6 Å². The molecule has 1 fully saturated rings. The van der Waals surface area contributed by atoms with Crippen molar-refractivity contribution in [2.24, 2.45) is 0 Å². The Labute approximate surface area is 110 Å². The number of likely N-dealkylation sites (N-methyl/N-ethyl adjacent to an activating group) is 1. The summed E-state index contributed by atoms with van der Waals surface area (Å²) < 4.78 is 0. The van der Waals surface area contributed by atoms with Gasteiger partial charge in [-0.1, -0.05) is 42.5 Å². The van der Waals surface area contributed by atoms with Crippen molar-refractivity contribution in [3.05, 3.63) is 59.3 Å². The lowest BCUT2D eigenvalue weighted by atomic mass is 9.82. The molecule has 1 unspecified atom stereocenters. The van der Waals surface area contributed by atoms with Gasteiger partial charge in [0.2, 0.25) is 0 Å². The van der Waals surface area contributed by atoms with Gasteiger partial charge >= 0.3 is 0 Å². The lowest BCUT2D eigenvalue weighted by Crippen LogP contribution is -2.40. The van der Waals surface area contributed by atoms with Gasteiger partial charge < -0.3 is 0 Å². The van der Waals surface area contributed by atoms with Crippen molar-refractivity contribution < 1.29 is 0 Å². The number of likely N-dealkylation sites (tertiary alicyclic amines) is 1. The Balaban J connectivity index is 1.95. The minimum absolute atomic E-state index is 0.474. The van der Waals surface area contributed by atoms with E-state index in [1.807, 2.05) is 0 Å². The molecule has 1 atom stereocenters. The van der Waals surface area contributed by atoms with Crippen LogP contribution in [0.25, 0.3) is 0 Å². The second-order valence-electron chi connectivity index (χ2n) is 5.33. The molecule has 0 spiro atoms. The van der Waals surface area contributed by atoms with Crippen molar-refractivity contribution in [3.8, 4) is 0 Å². The highest BCUT2D eigenvalue weighted by atomic mass is 15.1. The van der Waals surface area contributed by atoms with Crippen LogP contribution in [0.1, 0.15) is 25.7 Å². The number of hydrogen-bond acceptors (Lipinski definition) is 1. The van der Waals surface area contributed by atoms with E-state index in [1.54, 1.807) is 11.1 Å². The molecule has 1 saturated heterocycles. The monoisotopic (exact) mass is 239 g/mol. The number of rotatable bonds is 1. The Hall–Kier alpha value is -1.34. The normalized spacial score (nSPS) is 28.1. The number of piperidine rings is 1. The summed E-state index contributed by atoms with van der Waals surface area (Å²) >= 11 is 0. The number of nitrogens with zero attached hydrogens (tertiary/aromatic N) is 1. The van der Waals surface area contributed by atoms with Crippen molar-refractivity contribution in [2.45, 2.75) is 31.7 Å². The summed E-state index contributed by atoms with van der Waals surface area (Å²) in [5.74, 6) is 0. The summed E-state index contributed by atoms with van der Waals surface area (Å²) in [4.78, 5) is 2.50. The third-order valence-electron chi connectivity index (χ3n) is 4.10. The van der Waals surface area contributed by atoms with Crippen LogP contribution in [-0.4, -0.2) is 24.5 Å². The standard InChI is InChI=1S/C17H21N/c1-18-13-12-14-8-6-7-11-16(14)17(18)15-9-4-2-3-5-10-15/h2-4,8-11,17H,5-7,12-13H2,1H3. The fourth-order valence-corrected chi connectivity index (χ4v) is 3.18. The molecule has 18 heavy (non-hydrogen) atoms. The molecule has 94 valence electrons. The SMILES string of the molecule is CN1CCC2=CCCC=C2C1C1=CCC=CC=C1. The van der Waals surface area contributed by atoms with Crippen molar-refractivity contribution in [1.82, 2.24) is 4.90 Å². The first-order valence-electron chi connectivity index (χ1n) is 6.99. The molecule has 1 nitrogen and oxygen atoms in total. The quantitative estimate of drug-likeness (QED) is 0.673. The van der Waals surface area contributed by atoms with E-state index in [4.69, 9.17) is 0 Å². The first kappa shape index (κ1) is 11.7. The zero-order valence-electron chi connectivity index (χ0n) is 11.1. The Bertz CT molecular complexity index is 474. The van der Waals surface area contributed by atoms with E-state index in [0.717, 1.165) is 6.42 Å². The predicted octanol–water partition coefficient (Wildman–Crippen LogP) is 3.78. The van der Waals surface area contributed by atoms with Crippen molar-refractivity contribution in [3.63, 3.8) is 0 Å². The van der Waals surface area contributed by atoms with Gasteiger partial charge in [-0.2, -0.15) is 0 Å². The fraction of sp³-hybridized carbons (Fsp3) is 0.412. The van der Waals surface area contributed by atoms with Crippen LogP contribution >= 0.6 is 0 Å². The summed E-state index contributed by atoms with van der Waals surface area (Å²) in [6, 6.07) is 0.474. The number of hydrogen-bond donors (Lipinski definition) is 0. The van der Waals surface area contributed by atoms with Crippen LogP contribution in [0.15, 0.2) is 59.3 Å². The largest absolute Gasteiger partial charge is 0.295 e. The second-order valence-corrected chi connectivity index (χ2v) is 5.33. The van der Waals surface area contributed by atoms with Crippen LogP contribution in [0.3, 0.4) is 0 Å². The van der Waals surface area contributed by atoms with Gasteiger partial charge in [0.15, 0.2) is 0 Å². The summed E-state index contributed by atoms with van der Waals surface area (Å²) in [6.07, 6.45) is 20.8. The molecule has 0 saturated carbocycles. The number of fused-ring (bicyclic) bond motifs is 1. The van der Waals surface area contributed by atoms with Gasteiger partial charge in [0.05, 0.1) is 6.04 Å². The molecule has 0 amide bonds. The average Bonchev–Trinajstić information content (AvgIpc) is 2.67. The zero-order valence-corrected chi connectivity index (χ0v) is 11.1. The molecule has 1 heteroatoms. The van der Waals surface area contributed by atoms with Crippen LogP contribution in [0.2, 0.25) is 0 Å². The summed E-state index contributed by atoms with van der Waals surface area (Å²) in [7, 11) is 2.25. The van der Waals surface area contributed by atoms with E-state index in [2.05, 4.69) is 54.5 Å². The zero-order chi connectivity index (χ0) is 12.4. The Morgan fingerprint density at radius 1 is 1.11 bits per heavy atom. The molecule has 0 N–H and O–H groups in total. The van der Waals surface area contributed by atoms with E-state index in [0.29, 0.717) is 6.04 Å². The average molecular weight is 239 g/mol. The van der Waals surface area contributed by atoms with Gasteiger partial charge in [-0.15, -0.1) is 0 Å². The smallest absolute Gasteiger partial charge is 0.0595 e. The van der Waals surface area contributed by atoms with E-state index in [1.165, 1.54) is 31.4 Å². The molecule has 0 bridgehead atoms. The van der Waals surface area contributed by atoms with Gasteiger partial charge in [0, 0.05) is 6.54 Å². The first-order valence-corrected chi connectivity index (χ1v) is 6.99. The second kappa shape index (κ2) is 5.11. The minimum atomic E-state index is 0.474. The van der Waals surface area contributed by atoms with Crippen LogP contribution in [0.4, 0.5) is 0 Å². The van der Waals surface area contributed by atoms with Crippen LogP contribution in [-0.2, 0) is 0 Å². The van der Waals surface area contributed by atoms with E-state index >= 15 is 0 Å². The molecule has 2 aliphatic carbocycles. The highest BCUT2D eigenvalue weighted by Gasteiger charge is 2.29. The van der Waals surface area contributed by atoms with Gasteiger partial charge in [0.1, 0.15) is 0 Å². The lowest BCUT2D eigenvalue weighted by Gasteiger charge is -2.38. The summed E-state index contributed by atoms with van der Waals surface area (Å²) in [5, 5.41) is 0. The molecule has 0 aromatic heterocycles. The molecule has 0 aromatic rings. The number of allylic oxidation sites excluding steroid dienone is 6. The third kappa shape index (κ3) is 2.15.